The fourth-order valence-corrected chi connectivity index (χ4v) is 4.74. The van der Waals surface area contributed by atoms with Crippen LogP contribution in [0, 0.1) is 12.7 Å². The first-order chi connectivity index (χ1) is 12.1. The van der Waals surface area contributed by atoms with Gasteiger partial charge < -0.3 is 4.90 Å². The Morgan fingerprint density at radius 2 is 2.16 bits per heavy atom. The summed E-state index contributed by atoms with van der Waals surface area (Å²) in [6, 6.07) is 7.38. The molecular formula is C19H19ClFN3S. The van der Waals surface area contributed by atoms with Crippen LogP contribution in [0.4, 0.5) is 9.39 Å². The molecule has 0 bridgehead atoms. The number of fused-ring (bicyclic) bond motifs is 1. The lowest BCUT2D eigenvalue weighted by Gasteiger charge is -2.34. The average Bonchev–Trinajstić information content (AvgIpc) is 2.98. The first-order valence-corrected chi connectivity index (χ1v) is 9.69. The number of hydrogen-bond donors (Lipinski definition) is 0. The minimum Gasteiger partial charge on any atom is -0.359 e. The zero-order valence-electron chi connectivity index (χ0n) is 14.2. The van der Waals surface area contributed by atoms with Crippen LogP contribution in [0.15, 0.2) is 24.3 Å². The van der Waals surface area contributed by atoms with Crippen molar-refractivity contribution in [2.45, 2.75) is 39.2 Å². The molecule has 1 unspecified atom stereocenters. The quantitative estimate of drug-likeness (QED) is 0.563. The van der Waals surface area contributed by atoms with E-state index in [2.05, 4.69) is 21.2 Å². The lowest BCUT2D eigenvalue weighted by Crippen LogP contribution is -2.36. The number of rotatable bonds is 2. The molecule has 0 radical (unpaired) electrons. The maximum atomic E-state index is 14.3. The standard InChI is InChI=1S/C19H19ClFN3S/c1-11-6-5-8-15(21)16(11)17-14(20)10-13-18(22-17)23-25-19(13)24-9-4-3-7-12(24)2/h5-6,8,10,12H,3-4,7,9H2,1-2H3. The van der Waals surface area contributed by atoms with E-state index in [1.807, 2.05) is 19.1 Å². The fraction of sp³-hybridized carbons (Fsp3) is 0.368. The zero-order chi connectivity index (χ0) is 17.6. The van der Waals surface area contributed by atoms with Crippen LogP contribution in [0.25, 0.3) is 22.3 Å². The summed E-state index contributed by atoms with van der Waals surface area (Å²) in [5.74, 6) is -0.311. The molecule has 130 valence electrons. The number of aromatic nitrogens is 2. The van der Waals surface area contributed by atoms with Gasteiger partial charge in [-0.2, -0.15) is 4.37 Å². The average molecular weight is 376 g/mol. The molecule has 1 fully saturated rings. The number of anilines is 1. The maximum Gasteiger partial charge on any atom is 0.175 e. The molecule has 6 heteroatoms. The molecule has 0 N–H and O–H groups in total. The molecular weight excluding hydrogens is 357 g/mol. The van der Waals surface area contributed by atoms with E-state index in [1.54, 1.807) is 6.07 Å². The third-order valence-corrected chi connectivity index (χ3v) is 6.11. The van der Waals surface area contributed by atoms with Gasteiger partial charge >= 0.3 is 0 Å². The molecule has 3 nitrogen and oxygen atoms in total. The van der Waals surface area contributed by atoms with E-state index in [9.17, 15) is 4.39 Å². The first-order valence-electron chi connectivity index (χ1n) is 8.54. The molecule has 1 aromatic carbocycles. The summed E-state index contributed by atoms with van der Waals surface area (Å²) < 4.78 is 18.9. The second-order valence-electron chi connectivity index (χ2n) is 6.65. The second kappa shape index (κ2) is 6.54. The molecule has 3 aromatic rings. The Hall–Kier alpha value is -1.72. The predicted octanol–water partition coefficient (Wildman–Crippen LogP) is 5.84. The van der Waals surface area contributed by atoms with E-state index in [0.29, 0.717) is 28.0 Å². The topological polar surface area (TPSA) is 29.0 Å². The molecule has 1 aliphatic rings. The summed E-state index contributed by atoms with van der Waals surface area (Å²) in [6.07, 6.45) is 3.65. The van der Waals surface area contributed by atoms with Crippen molar-refractivity contribution in [3.63, 3.8) is 0 Å². The lowest BCUT2D eigenvalue weighted by molar-refractivity contribution is 0.488. The van der Waals surface area contributed by atoms with Crippen molar-refractivity contribution in [1.29, 1.82) is 0 Å². The molecule has 2 aromatic heterocycles. The van der Waals surface area contributed by atoms with Gasteiger partial charge in [-0.3, -0.25) is 0 Å². The van der Waals surface area contributed by atoms with Gasteiger partial charge in [-0.1, -0.05) is 23.7 Å². The van der Waals surface area contributed by atoms with Crippen molar-refractivity contribution in [2.75, 3.05) is 11.4 Å². The van der Waals surface area contributed by atoms with Crippen LogP contribution in [0.3, 0.4) is 0 Å². The smallest absolute Gasteiger partial charge is 0.175 e. The molecule has 1 aliphatic heterocycles. The van der Waals surface area contributed by atoms with Gasteiger partial charge in [-0.25, -0.2) is 9.37 Å². The highest BCUT2D eigenvalue weighted by molar-refractivity contribution is 7.11. The number of halogens is 2. The van der Waals surface area contributed by atoms with Crippen molar-refractivity contribution in [1.82, 2.24) is 9.36 Å². The Kier molecular flexibility index (Phi) is 4.38. The molecule has 25 heavy (non-hydrogen) atoms. The fourth-order valence-electron chi connectivity index (χ4n) is 3.56. The maximum absolute atomic E-state index is 14.3. The van der Waals surface area contributed by atoms with Gasteiger partial charge in [-0.15, -0.1) is 0 Å². The first kappa shape index (κ1) is 16.7. The third kappa shape index (κ3) is 2.89. The molecule has 3 heterocycles. The summed E-state index contributed by atoms with van der Waals surface area (Å²) >= 11 is 7.97. The largest absolute Gasteiger partial charge is 0.359 e. The predicted molar refractivity (Wildman–Crippen MR) is 103 cm³/mol. The van der Waals surface area contributed by atoms with Gasteiger partial charge in [0.15, 0.2) is 5.65 Å². The highest BCUT2D eigenvalue weighted by Gasteiger charge is 2.24. The summed E-state index contributed by atoms with van der Waals surface area (Å²) in [6.45, 7) is 5.14. The number of benzene rings is 1. The second-order valence-corrected chi connectivity index (χ2v) is 7.81. The van der Waals surface area contributed by atoms with Crippen molar-refractivity contribution >= 4 is 39.2 Å². The van der Waals surface area contributed by atoms with Crippen LogP contribution in [0.2, 0.25) is 5.02 Å². The molecule has 0 aliphatic carbocycles. The molecule has 1 saturated heterocycles. The van der Waals surface area contributed by atoms with Crippen LogP contribution in [0.5, 0.6) is 0 Å². The van der Waals surface area contributed by atoms with Gasteiger partial charge in [0.25, 0.3) is 0 Å². The molecule has 0 saturated carbocycles. The van der Waals surface area contributed by atoms with Crippen LogP contribution >= 0.6 is 23.1 Å². The Morgan fingerprint density at radius 1 is 1.32 bits per heavy atom. The van der Waals surface area contributed by atoms with E-state index in [1.165, 1.54) is 36.9 Å². The van der Waals surface area contributed by atoms with Crippen molar-refractivity contribution < 1.29 is 4.39 Å². The third-order valence-electron chi connectivity index (χ3n) is 4.93. The van der Waals surface area contributed by atoms with Crippen LogP contribution < -0.4 is 4.90 Å². The lowest BCUT2D eigenvalue weighted by atomic mass is 10.0. The summed E-state index contributed by atoms with van der Waals surface area (Å²) in [5, 5.41) is 2.54. The summed E-state index contributed by atoms with van der Waals surface area (Å²) in [7, 11) is 0. The van der Waals surface area contributed by atoms with Crippen LogP contribution in [-0.2, 0) is 0 Å². The number of aryl methyl sites for hydroxylation is 1. The molecule has 0 amide bonds. The van der Waals surface area contributed by atoms with Gasteiger partial charge in [0.05, 0.1) is 16.1 Å². The van der Waals surface area contributed by atoms with Gasteiger partial charge in [-0.05, 0) is 62.3 Å². The highest BCUT2D eigenvalue weighted by Crippen LogP contribution is 2.39. The van der Waals surface area contributed by atoms with E-state index in [0.717, 1.165) is 22.5 Å². The summed E-state index contributed by atoms with van der Waals surface area (Å²) in [4.78, 5) is 7.01. The van der Waals surface area contributed by atoms with Gasteiger partial charge in [0.2, 0.25) is 0 Å². The van der Waals surface area contributed by atoms with Crippen molar-refractivity contribution in [3.8, 4) is 11.3 Å². The number of pyridine rings is 1. The van der Waals surface area contributed by atoms with E-state index >= 15 is 0 Å². The number of hydrogen-bond acceptors (Lipinski definition) is 4. The molecule has 0 spiro atoms. The van der Waals surface area contributed by atoms with Gasteiger partial charge in [0, 0.05) is 18.2 Å². The minimum absolute atomic E-state index is 0.311. The number of nitrogens with zero attached hydrogens (tertiary/aromatic N) is 3. The van der Waals surface area contributed by atoms with Crippen molar-refractivity contribution in [3.05, 3.63) is 40.7 Å². The SMILES string of the molecule is Cc1cccc(F)c1-c1nc2nsc(N3CCCCC3C)c2cc1Cl. The number of piperidine rings is 1. The normalized spacial score (nSPS) is 18.1. The van der Waals surface area contributed by atoms with E-state index in [-0.39, 0.29) is 5.82 Å². The van der Waals surface area contributed by atoms with E-state index in [4.69, 9.17) is 11.6 Å². The van der Waals surface area contributed by atoms with Crippen LogP contribution in [0.1, 0.15) is 31.7 Å². The molecule has 1 atom stereocenters. The van der Waals surface area contributed by atoms with E-state index < -0.39 is 0 Å². The Morgan fingerprint density at radius 3 is 2.92 bits per heavy atom. The summed E-state index contributed by atoms with van der Waals surface area (Å²) in [5.41, 5.74) is 2.37. The monoisotopic (exact) mass is 375 g/mol. The highest BCUT2D eigenvalue weighted by atomic mass is 35.5. The van der Waals surface area contributed by atoms with Gasteiger partial charge in [0.1, 0.15) is 10.8 Å². The Labute approximate surface area is 155 Å². The minimum atomic E-state index is -0.311. The van der Waals surface area contributed by atoms with Crippen molar-refractivity contribution in [2.24, 2.45) is 0 Å². The van der Waals surface area contributed by atoms with Crippen LogP contribution in [-0.4, -0.2) is 21.9 Å². The Balaban J connectivity index is 1.85. The molecule has 4 rings (SSSR count). The Bertz CT molecular complexity index is 920. The zero-order valence-corrected chi connectivity index (χ0v) is 15.8.